The fraction of sp³-hybridized carbons (Fsp3) is 0.565. The Labute approximate surface area is 174 Å². The van der Waals surface area contributed by atoms with E-state index in [0.717, 1.165) is 30.5 Å². The van der Waals surface area contributed by atoms with E-state index in [9.17, 15) is 0 Å². The molecule has 1 atom stereocenters. The number of aromatic nitrogens is 1. The maximum absolute atomic E-state index is 5.40. The van der Waals surface area contributed by atoms with Gasteiger partial charge in [-0.15, -0.1) is 0 Å². The average molecular weight is 398 g/mol. The first kappa shape index (κ1) is 21.4. The van der Waals surface area contributed by atoms with E-state index in [0.29, 0.717) is 18.5 Å². The summed E-state index contributed by atoms with van der Waals surface area (Å²) in [7, 11) is 1.79. The monoisotopic (exact) mass is 397 g/mol. The van der Waals surface area contributed by atoms with Crippen molar-refractivity contribution < 1.29 is 4.52 Å². The molecule has 29 heavy (non-hydrogen) atoms. The fourth-order valence-corrected chi connectivity index (χ4v) is 3.75. The Bertz CT molecular complexity index is 798. The summed E-state index contributed by atoms with van der Waals surface area (Å²) in [5.41, 5.74) is 3.68. The molecule has 1 unspecified atom stereocenters. The van der Waals surface area contributed by atoms with E-state index < -0.39 is 0 Å². The van der Waals surface area contributed by atoms with Crippen molar-refractivity contribution in [2.45, 2.75) is 71.6 Å². The summed E-state index contributed by atoms with van der Waals surface area (Å²) in [6.07, 6.45) is 3.96. The number of aliphatic imine (C=N–C) groups is 1. The molecule has 0 radical (unpaired) electrons. The number of likely N-dealkylation sites (tertiary alicyclic amines) is 1. The topological polar surface area (TPSA) is 65.7 Å². The molecule has 1 aromatic heterocycles. The van der Waals surface area contributed by atoms with Crippen LogP contribution < -0.4 is 10.6 Å². The van der Waals surface area contributed by atoms with Crippen LogP contribution in [0.25, 0.3) is 0 Å². The molecule has 6 heteroatoms. The highest BCUT2D eigenvalue weighted by molar-refractivity contribution is 5.79. The minimum atomic E-state index is 0.365. The van der Waals surface area contributed by atoms with Crippen LogP contribution in [0.4, 0.5) is 0 Å². The first-order valence-electron chi connectivity index (χ1n) is 10.8. The van der Waals surface area contributed by atoms with Crippen LogP contribution in [-0.2, 0) is 19.6 Å². The predicted octanol–water partition coefficient (Wildman–Crippen LogP) is 4.04. The van der Waals surface area contributed by atoms with Crippen LogP contribution in [0.1, 0.15) is 68.5 Å². The van der Waals surface area contributed by atoms with Gasteiger partial charge in [-0.3, -0.25) is 9.89 Å². The predicted molar refractivity (Wildman–Crippen MR) is 118 cm³/mol. The quantitative estimate of drug-likeness (QED) is 0.545. The lowest BCUT2D eigenvalue weighted by Crippen LogP contribution is -2.38. The fourth-order valence-electron chi connectivity index (χ4n) is 3.75. The smallest absolute Gasteiger partial charge is 0.191 e. The van der Waals surface area contributed by atoms with Gasteiger partial charge in [0.2, 0.25) is 0 Å². The number of nitrogens with zero attached hydrogens (tertiary/aromatic N) is 3. The third kappa shape index (κ3) is 6.07. The number of hydrogen-bond donors (Lipinski definition) is 2. The lowest BCUT2D eigenvalue weighted by molar-refractivity contribution is 0.152. The summed E-state index contributed by atoms with van der Waals surface area (Å²) in [6.45, 7) is 10.1. The zero-order valence-electron chi connectivity index (χ0n) is 18.2. The molecule has 6 nitrogen and oxygen atoms in total. The lowest BCUT2D eigenvalue weighted by atomic mass is 10.0. The summed E-state index contributed by atoms with van der Waals surface area (Å²) >= 11 is 0. The summed E-state index contributed by atoms with van der Waals surface area (Å²) < 4.78 is 5.40. The normalized spacial score (nSPS) is 18.2. The van der Waals surface area contributed by atoms with Crippen LogP contribution in [-0.4, -0.2) is 35.7 Å². The van der Waals surface area contributed by atoms with Gasteiger partial charge in [-0.05, 0) is 43.4 Å². The summed E-state index contributed by atoms with van der Waals surface area (Å²) in [5.74, 6) is 1.94. The zero-order valence-corrected chi connectivity index (χ0v) is 18.2. The van der Waals surface area contributed by atoms with Crippen LogP contribution in [0.15, 0.2) is 39.8 Å². The van der Waals surface area contributed by atoms with Gasteiger partial charge in [0.1, 0.15) is 0 Å². The molecule has 0 spiro atoms. The first-order chi connectivity index (χ1) is 14.1. The standard InChI is InChI=1S/C23H35N5O/c1-17(2)22-13-21(29-27-22)15-26-23(24-4)25-14-19-10-5-6-11-20(19)16-28-12-8-7-9-18(28)3/h5-6,10-11,13,17-18H,7-9,12,14-16H2,1-4H3,(H2,24,25,26). The van der Waals surface area contributed by atoms with Crippen molar-refractivity contribution >= 4 is 5.96 Å². The Morgan fingerprint density at radius 3 is 2.66 bits per heavy atom. The van der Waals surface area contributed by atoms with E-state index in [2.05, 4.69) is 70.7 Å². The molecule has 0 bridgehead atoms. The van der Waals surface area contributed by atoms with E-state index in [1.54, 1.807) is 7.05 Å². The molecule has 3 rings (SSSR count). The second-order valence-electron chi connectivity index (χ2n) is 8.24. The van der Waals surface area contributed by atoms with Gasteiger partial charge in [-0.1, -0.05) is 49.7 Å². The third-order valence-electron chi connectivity index (χ3n) is 5.70. The molecule has 158 valence electrons. The van der Waals surface area contributed by atoms with Crippen LogP contribution >= 0.6 is 0 Å². The molecular weight excluding hydrogens is 362 g/mol. The molecule has 1 saturated heterocycles. The van der Waals surface area contributed by atoms with Crippen molar-refractivity contribution in [2.24, 2.45) is 4.99 Å². The molecule has 1 aliphatic rings. The number of rotatable bonds is 7. The Balaban J connectivity index is 1.55. The number of benzene rings is 1. The second-order valence-corrected chi connectivity index (χ2v) is 8.24. The third-order valence-corrected chi connectivity index (χ3v) is 5.70. The largest absolute Gasteiger partial charge is 0.359 e. The number of nitrogens with one attached hydrogen (secondary N) is 2. The molecule has 0 aliphatic carbocycles. The van der Waals surface area contributed by atoms with Crippen molar-refractivity contribution in [3.63, 3.8) is 0 Å². The van der Waals surface area contributed by atoms with Gasteiger partial charge >= 0.3 is 0 Å². The Kier molecular flexibility index (Phi) is 7.69. The molecule has 0 amide bonds. The highest BCUT2D eigenvalue weighted by Crippen LogP contribution is 2.21. The van der Waals surface area contributed by atoms with Crippen molar-refractivity contribution in [1.82, 2.24) is 20.7 Å². The van der Waals surface area contributed by atoms with Gasteiger partial charge in [0.15, 0.2) is 11.7 Å². The molecule has 1 fully saturated rings. The number of guanidine groups is 1. The van der Waals surface area contributed by atoms with Crippen molar-refractivity contribution in [3.8, 4) is 0 Å². The molecule has 1 aliphatic heterocycles. The van der Waals surface area contributed by atoms with E-state index in [1.165, 1.54) is 36.9 Å². The second kappa shape index (κ2) is 10.4. The van der Waals surface area contributed by atoms with Gasteiger partial charge in [-0.2, -0.15) is 0 Å². The van der Waals surface area contributed by atoms with Gasteiger partial charge in [-0.25, -0.2) is 0 Å². The summed E-state index contributed by atoms with van der Waals surface area (Å²) in [5, 5.41) is 10.8. The Hall–Kier alpha value is -2.34. The van der Waals surface area contributed by atoms with Crippen LogP contribution in [0.3, 0.4) is 0 Å². The Morgan fingerprint density at radius 1 is 1.21 bits per heavy atom. The van der Waals surface area contributed by atoms with E-state index in [-0.39, 0.29) is 0 Å². The van der Waals surface area contributed by atoms with Crippen molar-refractivity contribution in [2.75, 3.05) is 13.6 Å². The lowest BCUT2D eigenvalue weighted by Gasteiger charge is -2.33. The summed E-state index contributed by atoms with van der Waals surface area (Å²) in [6, 6.07) is 11.4. The average Bonchev–Trinajstić information content (AvgIpc) is 3.20. The van der Waals surface area contributed by atoms with Crippen LogP contribution in [0.5, 0.6) is 0 Å². The van der Waals surface area contributed by atoms with Gasteiger partial charge in [0, 0.05) is 32.2 Å². The van der Waals surface area contributed by atoms with E-state index in [1.807, 2.05) is 6.07 Å². The molecule has 2 N–H and O–H groups in total. The number of hydrogen-bond acceptors (Lipinski definition) is 4. The van der Waals surface area contributed by atoms with Crippen LogP contribution in [0, 0.1) is 0 Å². The minimum absolute atomic E-state index is 0.365. The van der Waals surface area contributed by atoms with Gasteiger partial charge in [0.25, 0.3) is 0 Å². The molecule has 1 aromatic carbocycles. The van der Waals surface area contributed by atoms with Gasteiger partial charge in [0.05, 0.1) is 12.2 Å². The highest BCUT2D eigenvalue weighted by atomic mass is 16.5. The molecule has 2 aromatic rings. The number of piperidine rings is 1. The summed E-state index contributed by atoms with van der Waals surface area (Å²) in [4.78, 5) is 6.94. The van der Waals surface area contributed by atoms with Crippen LogP contribution in [0.2, 0.25) is 0 Å². The first-order valence-corrected chi connectivity index (χ1v) is 10.8. The zero-order chi connectivity index (χ0) is 20.6. The Morgan fingerprint density at radius 2 is 1.97 bits per heavy atom. The van der Waals surface area contributed by atoms with Crippen molar-refractivity contribution in [3.05, 3.63) is 52.9 Å². The van der Waals surface area contributed by atoms with E-state index in [4.69, 9.17) is 4.52 Å². The van der Waals surface area contributed by atoms with Gasteiger partial charge < -0.3 is 15.2 Å². The molecular formula is C23H35N5O. The highest BCUT2D eigenvalue weighted by Gasteiger charge is 2.19. The maximum Gasteiger partial charge on any atom is 0.191 e. The van der Waals surface area contributed by atoms with Crippen molar-refractivity contribution in [1.29, 1.82) is 0 Å². The minimum Gasteiger partial charge on any atom is -0.359 e. The molecule has 0 saturated carbocycles. The maximum atomic E-state index is 5.40. The SMILES string of the molecule is CN=C(NCc1cc(C(C)C)no1)NCc1ccccc1CN1CCCCC1C. The van der Waals surface area contributed by atoms with E-state index >= 15 is 0 Å². The molecule has 2 heterocycles.